The summed E-state index contributed by atoms with van der Waals surface area (Å²) in [5.74, 6) is -4.44. The summed E-state index contributed by atoms with van der Waals surface area (Å²) in [5, 5.41) is 46.6. The second-order valence-corrected chi connectivity index (χ2v) is 12.4. The van der Waals surface area contributed by atoms with E-state index < -0.39 is 46.7 Å². The Morgan fingerprint density at radius 3 is 1.25 bits per heavy atom. The lowest BCUT2D eigenvalue weighted by Gasteiger charge is -2.33. The molecule has 3 rings (SSSR count). The third-order valence-corrected chi connectivity index (χ3v) is 7.22. The highest BCUT2D eigenvalue weighted by Crippen LogP contribution is 2.36. The number of aromatic carboxylic acids is 2. The maximum absolute atomic E-state index is 13.3. The van der Waals surface area contributed by atoms with Crippen molar-refractivity contribution < 1.29 is 39.6 Å². The number of hydrogen-bond donors (Lipinski definition) is 6. The average molecular weight is 555 g/mol. The fourth-order valence-electron chi connectivity index (χ4n) is 4.97. The molecule has 2 atom stereocenters. The Morgan fingerprint density at radius 1 is 0.650 bits per heavy atom. The Balaban J connectivity index is 1.92. The van der Waals surface area contributed by atoms with Crippen LogP contribution in [-0.2, 0) is 10.8 Å². The zero-order valence-electron chi connectivity index (χ0n) is 23.7. The quantitative estimate of drug-likeness (QED) is 0.301. The van der Waals surface area contributed by atoms with E-state index in [1.54, 1.807) is 41.5 Å². The number of nitrogens with one attached hydrogen (secondary N) is 2. The molecule has 2 aromatic rings. The first-order valence-corrected chi connectivity index (χ1v) is 13.2. The van der Waals surface area contributed by atoms with Crippen molar-refractivity contribution in [3.05, 3.63) is 57.6 Å². The van der Waals surface area contributed by atoms with Crippen LogP contribution in [0.5, 0.6) is 11.5 Å². The molecule has 6 N–H and O–H groups in total. The molecule has 0 aromatic heterocycles. The van der Waals surface area contributed by atoms with E-state index >= 15 is 0 Å². The largest absolute Gasteiger partial charge is 0.507 e. The summed E-state index contributed by atoms with van der Waals surface area (Å²) in [6, 6.07) is 3.85. The van der Waals surface area contributed by atoms with Crippen LogP contribution in [0.25, 0.3) is 0 Å². The zero-order valence-corrected chi connectivity index (χ0v) is 23.7. The molecule has 0 unspecified atom stereocenters. The predicted octanol–water partition coefficient (Wildman–Crippen LogP) is 4.56. The molecular formula is C30H38N2O8. The summed E-state index contributed by atoms with van der Waals surface area (Å²) in [6.45, 7) is 10.8. The molecule has 0 spiro atoms. The molecule has 2 aromatic carbocycles. The van der Waals surface area contributed by atoms with E-state index in [9.17, 15) is 39.6 Å². The van der Waals surface area contributed by atoms with Gasteiger partial charge in [-0.2, -0.15) is 0 Å². The van der Waals surface area contributed by atoms with Crippen molar-refractivity contribution in [2.75, 3.05) is 0 Å². The molecule has 0 aliphatic heterocycles. The van der Waals surface area contributed by atoms with Gasteiger partial charge < -0.3 is 31.1 Å². The molecule has 0 radical (unpaired) electrons. The topological polar surface area (TPSA) is 173 Å². The Bertz CT molecular complexity index is 1250. The number of aromatic hydroxyl groups is 2. The first kappa shape index (κ1) is 30.5. The number of phenolic OH excluding ortho intramolecular Hbond substituents is 2. The smallest absolute Gasteiger partial charge is 0.335 e. The Hall–Kier alpha value is -4.08. The number of amides is 2. The molecule has 10 nitrogen and oxygen atoms in total. The third kappa shape index (κ3) is 6.55. The van der Waals surface area contributed by atoms with E-state index in [-0.39, 0.29) is 33.8 Å². The van der Waals surface area contributed by atoms with E-state index in [1.807, 2.05) is 0 Å². The van der Waals surface area contributed by atoms with E-state index in [4.69, 9.17) is 0 Å². The summed E-state index contributed by atoms with van der Waals surface area (Å²) >= 11 is 0. The van der Waals surface area contributed by atoms with Crippen molar-refractivity contribution in [2.24, 2.45) is 0 Å². The highest BCUT2D eigenvalue weighted by Gasteiger charge is 2.33. The molecule has 1 saturated carbocycles. The SMILES string of the molecule is CC(C)(C)c1cc(C(=O)O)cc(C(=O)N[C@@H]2CCCC[C@H]2NC(=O)c2cc(C(=O)O)cc(C(C)(C)C)c2O)c1O. The second-order valence-electron chi connectivity index (χ2n) is 12.4. The van der Waals surface area contributed by atoms with E-state index in [2.05, 4.69) is 10.6 Å². The van der Waals surface area contributed by atoms with Gasteiger partial charge in [-0.15, -0.1) is 0 Å². The highest BCUT2D eigenvalue weighted by molar-refractivity contribution is 6.02. The van der Waals surface area contributed by atoms with Crippen molar-refractivity contribution in [1.82, 2.24) is 10.6 Å². The Kier molecular flexibility index (Phi) is 8.52. The fourth-order valence-corrected chi connectivity index (χ4v) is 4.97. The summed E-state index contributed by atoms with van der Waals surface area (Å²) in [7, 11) is 0. The van der Waals surface area contributed by atoms with Gasteiger partial charge in [0.25, 0.3) is 11.8 Å². The summed E-state index contributed by atoms with van der Waals surface area (Å²) < 4.78 is 0. The first-order chi connectivity index (χ1) is 18.4. The van der Waals surface area contributed by atoms with Gasteiger partial charge in [-0.05, 0) is 47.9 Å². The first-order valence-electron chi connectivity index (χ1n) is 13.2. The lowest BCUT2D eigenvalue weighted by Crippen LogP contribution is -2.53. The number of rotatable bonds is 6. The van der Waals surface area contributed by atoms with Crippen LogP contribution in [0.3, 0.4) is 0 Å². The number of phenols is 2. The minimum absolute atomic E-state index is 0.134. The zero-order chi connectivity index (χ0) is 30.2. The van der Waals surface area contributed by atoms with Gasteiger partial charge in [-0.3, -0.25) is 9.59 Å². The molecular weight excluding hydrogens is 516 g/mol. The number of benzene rings is 2. The second kappa shape index (κ2) is 11.2. The van der Waals surface area contributed by atoms with Crippen LogP contribution >= 0.6 is 0 Å². The number of carbonyl (C=O) groups excluding carboxylic acids is 2. The van der Waals surface area contributed by atoms with Crippen LogP contribution in [0.4, 0.5) is 0 Å². The van der Waals surface area contributed by atoms with Gasteiger partial charge in [0.1, 0.15) is 11.5 Å². The summed E-state index contributed by atoms with van der Waals surface area (Å²) in [6.07, 6.45) is 2.55. The van der Waals surface area contributed by atoms with Crippen molar-refractivity contribution >= 4 is 23.8 Å². The van der Waals surface area contributed by atoms with Crippen molar-refractivity contribution in [2.45, 2.75) is 90.1 Å². The van der Waals surface area contributed by atoms with Crippen LogP contribution in [0.1, 0.15) is 120 Å². The van der Waals surface area contributed by atoms with Gasteiger partial charge in [0.05, 0.1) is 22.3 Å². The van der Waals surface area contributed by atoms with Crippen LogP contribution in [0.2, 0.25) is 0 Å². The van der Waals surface area contributed by atoms with Crippen LogP contribution in [-0.4, -0.2) is 56.3 Å². The minimum atomic E-state index is -1.24. The van der Waals surface area contributed by atoms with E-state index in [0.717, 1.165) is 25.0 Å². The molecule has 0 saturated heterocycles. The molecule has 1 fully saturated rings. The molecule has 1 aliphatic carbocycles. The maximum atomic E-state index is 13.3. The molecule has 0 bridgehead atoms. The number of carboxylic acids is 2. The lowest BCUT2D eigenvalue weighted by atomic mass is 9.83. The van der Waals surface area contributed by atoms with Crippen LogP contribution in [0, 0.1) is 0 Å². The van der Waals surface area contributed by atoms with E-state index in [0.29, 0.717) is 24.0 Å². The summed E-state index contributed by atoms with van der Waals surface area (Å²) in [5.41, 5.74) is -1.27. The van der Waals surface area contributed by atoms with Gasteiger partial charge in [-0.1, -0.05) is 54.4 Å². The number of carboxylic acid groups (broad SMARTS) is 2. The van der Waals surface area contributed by atoms with E-state index in [1.165, 1.54) is 12.1 Å². The Morgan fingerprint density at radius 2 is 0.975 bits per heavy atom. The van der Waals surface area contributed by atoms with Crippen LogP contribution < -0.4 is 10.6 Å². The van der Waals surface area contributed by atoms with Gasteiger partial charge in [0.15, 0.2) is 0 Å². The molecule has 216 valence electrons. The minimum Gasteiger partial charge on any atom is -0.507 e. The third-order valence-electron chi connectivity index (χ3n) is 7.22. The van der Waals surface area contributed by atoms with Crippen molar-refractivity contribution in [3.8, 4) is 11.5 Å². The highest BCUT2D eigenvalue weighted by atomic mass is 16.4. The molecule has 1 aliphatic rings. The summed E-state index contributed by atoms with van der Waals surface area (Å²) in [4.78, 5) is 50.1. The van der Waals surface area contributed by atoms with Crippen LogP contribution in [0.15, 0.2) is 24.3 Å². The number of carbonyl (C=O) groups is 4. The van der Waals surface area contributed by atoms with Gasteiger partial charge in [0, 0.05) is 23.2 Å². The lowest BCUT2D eigenvalue weighted by molar-refractivity contribution is 0.0685. The predicted molar refractivity (Wildman–Crippen MR) is 149 cm³/mol. The van der Waals surface area contributed by atoms with Gasteiger partial charge in [0.2, 0.25) is 0 Å². The molecule has 40 heavy (non-hydrogen) atoms. The monoisotopic (exact) mass is 554 g/mol. The fraction of sp³-hybridized carbons (Fsp3) is 0.467. The molecule has 2 amide bonds. The van der Waals surface area contributed by atoms with Gasteiger partial charge >= 0.3 is 11.9 Å². The molecule has 10 heteroatoms. The normalized spacial score (nSPS) is 17.6. The maximum Gasteiger partial charge on any atom is 0.335 e. The standard InChI is InChI=1S/C30H38N2O8/c1-29(2,3)19-13-15(27(37)38)11-17(23(19)33)25(35)31-21-9-7-8-10-22(21)32-26(36)18-12-16(28(39)40)14-20(24(18)34)30(4,5)6/h11-14,21-22,33-34H,7-10H2,1-6H3,(H,31,35)(H,32,36)(H,37,38)(H,39,40)/t21-,22-/m1/s1. The van der Waals surface area contributed by atoms with Crippen molar-refractivity contribution in [3.63, 3.8) is 0 Å². The average Bonchev–Trinajstić information content (AvgIpc) is 2.83. The van der Waals surface area contributed by atoms with Crippen molar-refractivity contribution in [1.29, 1.82) is 0 Å². The molecule has 0 heterocycles. The van der Waals surface area contributed by atoms with Gasteiger partial charge in [-0.25, -0.2) is 9.59 Å². The number of hydrogen-bond acceptors (Lipinski definition) is 6. The Labute approximate surface area is 233 Å².